The fraction of sp³-hybridized carbons (Fsp3) is 0.923. The van der Waals surface area contributed by atoms with Crippen molar-refractivity contribution in [2.24, 2.45) is 0 Å². The van der Waals surface area contributed by atoms with E-state index in [0.717, 1.165) is 12.8 Å². The second kappa shape index (κ2) is 6.76. The number of halogens is 3. The van der Waals surface area contributed by atoms with Crippen molar-refractivity contribution in [1.82, 2.24) is 10.2 Å². The maximum Gasteiger partial charge on any atom is 0.401 e. The SMILES string of the molecule is COC(=O)C(C)(CCCN(C)CC(F)(F)F)NC1CC1. The molecule has 0 spiro atoms. The Balaban J connectivity index is 2.40. The molecule has 1 aliphatic rings. The zero-order valence-corrected chi connectivity index (χ0v) is 12.2. The van der Waals surface area contributed by atoms with Gasteiger partial charge in [-0.15, -0.1) is 0 Å². The van der Waals surface area contributed by atoms with Gasteiger partial charge in [-0.3, -0.25) is 15.0 Å². The zero-order valence-electron chi connectivity index (χ0n) is 12.2. The Bertz CT molecular complexity index is 332. The molecule has 0 aromatic heterocycles. The number of nitrogens with zero attached hydrogens (tertiary/aromatic N) is 1. The van der Waals surface area contributed by atoms with E-state index in [1.165, 1.54) is 19.1 Å². The largest absolute Gasteiger partial charge is 0.468 e. The molecule has 1 unspecified atom stereocenters. The van der Waals surface area contributed by atoms with E-state index in [4.69, 9.17) is 4.74 Å². The van der Waals surface area contributed by atoms with Gasteiger partial charge in [-0.25, -0.2) is 0 Å². The van der Waals surface area contributed by atoms with Crippen LogP contribution in [0.15, 0.2) is 0 Å². The summed E-state index contributed by atoms with van der Waals surface area (Å²) in [4.78, 5) is 13.0. The lowest BCUT2D eigenvalue weighted by atomic mass is 9.95. The summed E-state index contributed by atoms with van der Waals surface area (Å²) in [6.45, 7) is 1.11. The fourth-order valence-corrected chi connectivity index (χ4v) is 2.22. The molecule has 0 radical (unpaired) electrons. The molecule has 20 heavy (non-hydrogen) atoms. The normalized spacial score (nSPS) is 18.9. The lowest BCUT2D eigenvalue weighted by molar-refractivity contribution is -0.149. The highest BCUT2D eigenvalue weighted by Gasteiger charge is 2.39. The van der Waals surface area contributed by atoms with E-state index >= 15 is 0 Å². The zero-order chi connectivity index (χ0) is 15.4. The van der Waals surface area contributed by atoms with Crippen LogP contribution in [-0.2, 0) is 9.53 Å². The minimum Gasteiger partial charge on any atom is -0.468 e. The van der Waals surface area contributed by atoms with Crippen molar-refractivity contribution >= 4 is 5.97 Å². The lowest BCUT2D eigenvalue weighted by Crippen LogP contribution is -2.51. The Kier molecular flexibility index (Phi) is 5.82. The third-order valence-electron chi connectivity index (χ3n) is 3.40. The van der Waals surface area contributed by atoms with Crippen molar-refractivity contribution < 1.29 is 22.7 Å². The van der Waals surface area contributed by atoms with E-state index < -0.39 is 18.3 Å². The number of esters is 1. The molecule has 1 N–H and O–H groups in total. The van der Waals surface area contributed by atoms with Gasteiger partial charge in [0.25, 0.3) is 0 Å². The third-order valence-corrected chi connectivity index (χ3v) is 3.40. The summed E-state index contributed by atoms with van der Waals surface area (Å²) in [7, 11) is 2.75. The summed E-state index contributed by atoms with van der Waals surface area (Å²) in [5.41, 5.74) is -0.811. The average molecular weight is 296 g/mol. The van der Waals surface area contributed by atoms with E-state index in [1.807, 2.05) is 0 Å². The van der Waals surface area contributed by atoms with Crippen LogP contribution in [0, 0.1) is 0 Å². The first kappa shape index (κ1) is 17.2. The van der Waals surface area contributed by atoms with Crippen molar-refractivity contribution in [1.29, 1.82) is 0 Å². The number of alkyl halides is 3. The number of hydrogen-bond donors (Lipinski definition) is 1. The van der Waals surface area contributed by atoms with E-state index in [0.29, 0.717) is 25.4 Å². The Labute approximate surface area is 117 Å². The van der Waals surface area contributed by atoms with Crippen LogP contribution in [0.2, 0.25) is 0 Å². The second-order valence-electron chi connectivity index (χ2n) is 5.70. The van der Waals surface area contributed by atoms with Gasteiger partial charge in [0, 0.05) is 6.04 Å². The number of nitrogens with one attached hydrogen (secondary N) is 1. The van der Waals surface area contributed by atoms with Gasteiger partial charge in [0.1, 0.15) is 5.54 Å². The molecule has 0 aromatic carbocycles. The molecule has 1 fully saturated rings. The first-order valence-electron chi connectivity index (χ1n) is 6.78. The fourth-order valence-electron chi connectivity index (χ4n) is 2.22. The molecule has 1 atom stereocenters. The molecule has 118 valence electrons. The quantitative estimate of drug-likeness (QED) is 0.695. The minimum atomic E-state index is -4.19. The first-order valence-corrected chi connectivity index (χ1v) is 6.78. The van der Waals surface area contributed by atoms with Crippen LogP contribution in [-0.4, -0.2) is 55.9 Å². The maximum atomic E-state index is 12.2. The van der Waals surface area contributed by atoms with Gasteiger partial charge in [-0.2, -0.15) is 13.2 Å². The van der Waals surface area contributed by atoms with Crippen molar-refractivity contribution in [2.45, 2.75) is 50.4 Å². The number of rotatable bonds is 8. The highest BCUT2D eigenvalue weighted by atomic mass is 19.4. The molecule has 1 aliphatic carbocycles. The molecule has 0 heterocycles. The van der Waals surface area contributed by atoms with E-state index in [1.54, 1.807) is 6.92 Å². The van der Waals surface area contributed by atoms with Crippen LogP contribution >= 0.6 is 0 Å². The van der Waals surface area contributed by atoms with Crippen LogP contribution < -0.4 is 5.32 Å². The summed E-state index contributed by atoms with van der Waals surface area (Å²) in [6, 6.07) is 0.326. The van der Waals surface area contributed by atoms with Crippen LogP contribution in [0.5, 0.6) is 0 Å². The van der Waals surface area contributed by atoms with Crippen molar-refractivity contribution in [3.63, 3.8) is 0 Å². The Hall–Kier alpha value is -0.820. The van der Waals surface area contributed by atoms with Gasteiger partial charge in [-0.05, 0) is 46.2 Å². The van der Waals surface area contributed by atoms with Crippen molar-refractivity contribution in [2.75, 3.05) is 27.2 Å². The summed E-state index contributed by atoms with van der Waals surface area (Å²) in [5, 5.41) is 3.22. The Morgan fingerprint density at radius 2 is 2.00 bits per heavy atom. The van der Waals surface area contributed by atoms with Crippen LogP contribution in [0.3, 0.4) is 0 Å². The molecule has 0 saturated heterocycles. The minimum absolute atomic E-state index is 0.290. The molecule has 0 bridgehead atoms. The average Bonchev–Trinajstić information content (AvgIpc) is 3.09. The highest BCUT2D eigenvalue weighted by molar-refractivity contribution is 5.80. The smallest absolute Gasteiger partial charge is 0.401 e. The summed E-state index contributed by atoms with van der Waals surface area (Å²) < 4.78 is 41.4. The topological polar surface area (TPSA) is 41.6 Å². The standard InChI is InChI=1S/C13H23F3N2O2/c1-12(11(19)20-3,17-10-5-6-10)7-4-8-18(2)9-13(14,15)16/h10,17H,4-9H2,1-3H3. The van der Waals surface area contributed by atoms with Gasteiger partial charge in [-0.1, -0.05) is 0 Å². The lowest BCUT2D eigenvalue weighted by Gasteiger charge is -2.29. The molecule has 0 aromatic rings. The van der Waals surface area contributed by atoms with Gasteiger partial charge < -0.3 is 4.74 Å². The maximum absolute atomic E-state index is 12.2. The second-order valence-corrected chi connectivity index (χ2v) is 5.70. The molecule has 1 rings (SSSR count). The van der Waals surface area contributed by atoms with E-state index in [-0.39, 0.29) is 5.97 Å². The molecule has 0 aliphatic heterocycles. The number of ether oxygens (including phenoxy) is 1. The highest BCUT2D eigenvalue weighted by Crippen LogP contribution is 2.26. The number of carbonyl (C=O) groups is 1. The summed E-state index contributed by atoms with van der Waals surface area (Å²) >= 11 is 0. The molecule has 4 nitrogen and oxygen atoms in total. The van der Waals surface area contributed by atoms with Crippen LogP contribution in [0.4, 0.5) is 13.2 Å². The molecular formula is C13H23F3N2O2. The predicted molar refractivity (Wildman–Crippen MR) is 69.4 cm³/mol. The number of methoxy groups -OCH3 is 1. The third kappa shape index (κ3) is 6.09. The molecule has 1 saturated carbocycles. The Morgan fingerprint density at radius 3 is 2.45 bits per heavy atom. The first-order chi connectivity index (χ1) is 9.16. The van der Waals surface area contributed by atoms with Gasteiger partial charge >= 0.3 is 12.1 Å². The van der Waals surface area contributed by atoms with E-state index in [2.05, 4.69) is 5.32 Å². The number of hydrogen-bond acceptors (Lipinski definition) is 4. The van der Waals surface area contributed by atoms with Crippen LogP contribution in [0.25, 0.3) is 0 Å². The number of carbonyl (C=O) groups excluding carboxylic acids is 1. The van der Waals surface area contributed by atoms with Gasteiger partial charge in [0.05, 0.1) is 13.7 Å². The summed E-state index contributed by atoms with van der Waals surface area (Å²) in [6.07, 6.45) is -1.18. The Morgan fingerprint density at radius 1 is 1.40 bits per heavy atom. The van der Waals surface area contributed by atoms with Crippen molar-refractivity contribution in [3.05, 3.63) is 0 Å². The van der Waals surface area contributed by atoms with Crippen LogP contribution in [0.1, 0.15) is 32.6 Å². The van der Waals surface area contributed by atoms with Crippen molar-refractivity contribution in [3.8, 4) is 0 Å². The van der Waals surface area contributed by atoms with Gasteiger partial charge in [0.2, 0.25) is 0 Å². The summed E-state index contributed by atoms with van der Waals surface area (Å²) in [5.74, 6) is -0.358. The van der Waals surface area contributed by atoms with E-state index in [9.17, 15) is 18.0 Å². The molecule has 0 amide bonds. The predicted octanol–water partition coefficient (Wildman–Crippen LogP) is 1.94. The monoisotopic (exact) mass is 296 g/mol. The molecular weight excluding hydrogens is 273 g/mol. The molecule has 7 heteroatoms. The van der Waals surface area contributed by atoms with Gasteiger partial charge in [0.15, 0.2) is 0 Å².